The van der Waals surface area contributed by atoms with Crippen molar-refractivity contribution in [2.24, 2.45) is 0 Å². The Kier molecular flexibility index (Phi) is 6.11. The summed E-state index contributed by atoms with van der Waals surface area (Å²) < 4.78 is 0. The highest BCUT2D eigenvalue weighted by Gasteiger charge is 2.29. The van der Waals surface area contributed by atoms with Gasteiger partial charge in [0.15, 0.2) is 0 Å². The first kappa shape index (κ1) is 14.3. The van der Waals surface area contributed by atoms with Crippen LogP contribution in [0.4, 0.5) is 0 Å². The zero-order valence-corrected chi connectivity index (χ0v) is 12.4. The number of nitrogens with one attached hydrogen (secondary N) is 4. The molecule has 0 aliphatic carbocycles. The quantitative estimate of drug-likeness (QED) is 0.469. The van der Waals surface area contributed by atoms with Crippen LogP contribution in [-0.4, -0.2) is 44.5 Å². The van der Waals surface area contributed by atoms with Crippen molar-refractivity contribution in [3.8, 4) is 0 Å². The van der Waals surface area contributed by atoms with Gasteiger partial charge in [0.2, 0.25) is 0 Å². The minimum Gasteiger partial charge on any atom is -0.303 e. The molecule has 0 bridgehead atoms. The maximum atomic E-state index is 3.58. The third-order valence-corrected chi connectivity index (χ3v) is 7.17. The summed E-state index contributed by atoms with van der Waals surface area (Å²) >= 11 is 0. The zero-order valence-electron chi connectivity index (χ0n) is 10.4. The highest BCUT2D eigenvalue weighted by molar-refractivity contribution is 6.76. The molecule has 0 unspecified atom stereocenters. The third kappa shape index (κ3) is 5.23. The molecule has 0 aliphatic rings. The molecule has 4 nitrogen and oxygen atoms in total. The normalized spacial score (nSPS) is 13.3. The summed E-state index contributed by atoms with van der Waals surface area (Å²) in [5, 5.41) is 0. The van der Waals surface area contributed by atoms with Gasteiger partial charge >= 0.3 is 8.72 Å². The summed E-state index contributed by atoms with van der Waals surface area (Å²) in [4.78, 5) is 13.5. The van der Waals surface area contributed by atoms with E-state index in [-0.39, 0.29) is 0 Å². The van der Waals surface area contributed by atoms with Crippen LogP contribution >= 0.6 is 0 Å². The molecule has 86 valence electrons. The summed E-state index contributed by atoms with van der Waals surface area (Å²) in [5.41, 5.74) is 0. The van der Waals surface area contributed by atoms with Crippen LogP contribution in [0.1, 0.15) is 0 Å². The van der Waals surface area contributed by atoms with Gasteiger partial charge in [0, 0.05) is 8.07 Å². The predicted octanol–water partition coefficient (Wildman–Crippen LogP) is 0.00800. The summed E-state index contributed by atoms with van der Waals surface area (Å²) in [7, 11) is 3.25. The smallest absolute Gasteiger partial charge is 0.303 e. The lowest BCUT2D eigenvalue weighted by Crippen LogP contribution is -2.78. The molecule has 0 amide bonds. The standard InChI is InChI=1S/C8H26N4Si2/c1-9-14(10-2,11-3)12-7-8-13(4,5)6/h9-12H,7-8H2,1-6H3. The van der Waals surface area contributed by atoms with Gasteiger partial charge in [-0.1, -0.05) is 19.6 Å². The van der Waals surface area contributed by atoms with Gasteiger partial charge < -0.3 is 19.9 Å². The van der Waals surface area contributed by atoms with Crippen LogP contribution in [0.5, 0.6) is 0 Å². The molecule has 0 spiro atoms. The van der Waals surface area contributed by atoms with Gasteiger partial charge in [-0.2, -0.15) is 0 Å². The maximum absolute atomic E-state index is 3.58. The zero-order chi connectivity index (χ0) is 11.2. The fourth-order valence-corrected chi connectivity index (χ4v) is 4.17. The van der Waals surface area contributed by atoms with E-state index in [1.807, 2.05) is 21.1 Å². The van der Waals surface area contributed by atoms with Crippen molar-refractivity contribution >= 4 is 16.8 Å². The molecule has 0 heterocycles. The minimum absolute atomic E-state index is 0.919. The van der Waals surface area contributed by atoms with E-state index in [4.69, 9.17) is 0 Å². The van der Waals surface area contributed by atoms with Crippen molar-refractivity contribution in [1.29, 1.82) is 0 Å². The largest absolute Gasteiger partial charge is 0.365 e. The second-order valence-electron chi connectivity index (χ2n) is 4.74. The highest BCUT2D eigenvalue weighted by Crippen LogP contribution is 2.06. The van der Waals surface area contributed by atoms with Gasteiger partial charge in [0.25, 0.3) is 0 Å². The summed E-state index contributed by atoms with van der Waals surface area (Å²) in [5.74, 6) is 0. The van der Waals surface area contributed by atoms with E-state index in [1.165, 1.54) is 6.04 Å². The molecule has 0 aliphatic heterocycles. The topological polar surface area (TPSA) is 48.1 Å². The van der Waals surface area contributed by atoms with Gasteiger partial charge in [-0.15, -0.1) is 0 Å². The molecule has 0 atom stereocenters. The molecule has 0 aromatic heterocycles. The second-order valence-corrected chi connectivity index (χ2v) is 13.7. The van der Waals surface area contributed by atoms with E-state index >= 15 is 0 Å². The van der Waals surface area contributed by atoms with E-state index in [1.54, 1.807) is 0 Å². The Hall–Kier alpha value is 0.274. The van der Waals surface area contributed by atoms with E-state index in [9.17, 15) is 0 Å². The van der Waals surface area contributed by atoms with Crippen LogP contribution in [0.15, 0.2) is 0 Å². The lowest BCUT2D eigenvalue weighted by atomic mass is 10.8. The Labute approximate surface area is 90.6 Å². The molecule has 0 aromatic rings. The maximum Gasteiger partial charge on any atom is 0.365 e. The van der Waals surface area contributed by atoms with Crippen LogP contribution in [0, 0.1) is 0 Å². The van der Waals surface area contributed by atoms with Gasteiger partial charge in [-0.3, -0.25) is 0 Å². The lowest BCUT2D eigenvalue weighted by molar-refractivity contribution is 0.787. The molecule has 4 N–H and O–H groups in total. The Morgan fingerprint density at radius 2 is 1.29 bits per heavy atom. The van der Waals surface area contributed by atoms with Crippen LogP contribution in [0.3, 0.4) is 0 Å². The van der Waals surface area contributed by atoms with E-state index in [2.05, 4.69) is 39.6 Å². The van der Waals surface area contributed by atoms with Crippen molar-refractivity contribution in [2.45, 2.75) is 25.7 Å². The molecule has 6 heteroatoms. The van der Waals surface area contributed by atoms with Gasteiger partial charge in [-0.05, 0) is 33.7 Å². The Balaban J connectivity index is 3.95. The molecule has 14 heavy (non-hydrogen) atoms. The van der Waals surface area contributed by atoms with Crippen LogP contribution in [0.25, 0.3) is 0 Å². The molecule has 0 saturated heterocycles. The average molecular weight is 234 g/mol. The van der Waals surface area contributed by atoms with Crippen molar-refractivity contribution in [2.75, 3.05) is 27.7 Å². The van der Waals surface area contributed by atoms with Gasteiger partial charge in [-0.25, -0.2) is 0 Å². The highest BCUT2D eigenvalue weighted by atomic mass is 28.4. The SMILES string of the molecule is CN[Si](NC)(NC)NCC[Si](C)(C)C. The summed E-state index contributed by atoms with van der Waals surface area (Å²) in [6.45, 7) is 8.28. The average Bonchev–Trinajstić information content (AvgIpc) is 2.11. The predicted molar refractivity (Wildman–Crippen MR) is 69.1 cm³/mol. The van der Waals surface area contributed by atoms with Gasteiger partial charge in [0.05, 0.1) is 0 Å². The summed E-state index contributed by atoms with van der Waals surface area (Å²) in [6, 6.07) is 1.31. The monoisotopic (exact) mass is 234 g/mol. The lowest BCUT2D eigenvalue weighted by Gasteiger charge is -2.30. The first-order chi connectivity index (χ1) is 6.39. The molecule has 0 saturated carbocycles. The summed E-state index contributed by atoms with van der Waals surface area (Å²) in [6.07, 6.45) is 0. The third-order valence-electron chi connectivity index (χ3n) is 2.39. The number of hydrogen-bond acceptors (Lipinski definition) is 4. The fraction of sp³-hybridized carbons (Fsp3) is 1.00. The Bertz CT molecular complexity index is 146. The van der Waals surface area contributed by atoms with E-state index < -0.39 is 16.8 Å². The van der Waals surface area contributed by atoms with E-state index in [0.29, 0.717) is 0 Å². The van der Waals surface area contributed by atoms with Crippen LogP contribution < -0.4 is 19.9 Å². The Morgan fingerprint density at radius 3 is 1.57 bits per heavy atom. The van der Waals surface area contributed by atoms with Crippen molar-refractivity contribution in [1.82, 2.24) is 19.9 Å². The molecule has 0 aromatic carbocycles. The van der Waals surface area contributed by atoms with Gasteiger partial charge in [0.1, 0.15) is 0 Å². The fourth-order valence-electron chi connectivity index (χ4n) is 1.27. The first-order valence-corrected chi connectivity index (χ1v) is 10.9. The molecule has 0 radical (unpaired) electrons. The molecule has 0 fully saturated rings. The number of hydrogen-bond donors (Lipinski definition) is 4. The first-order valence-electron chi connectivity index (χ1n) is 5.21. The minimum atomic E-state index is -1.79. The number of rotatable bonds is 7. The van der Waals surface area contributed by atoms with Crippen molar-refractivity contribution in [3.05, 3.63) is 0 Å². The molecule has 0 rings (SSSR count). The molecular weight excluding hydrogens is 208 g/mol. The second kappa shape index (κ2) is 5.99. The van der Waals surface area contributed by atoms with E-state index in [0.717, 1.165) is 6.54 Å². The van der Waals surface area contributed by atoms with Crippen molar-refractivity contribution in [3.63, 3.8) is 0 Å². The van der Waals surface area contributed by atoms with Crippen LogP contribution in [-0.2, 0) is 0 Å². The molecular formula is C8H26N4Si2. The Morgan fingerprint density at radius 1 is 0.857 bits per heavy atom. The van der Waals surface area contributed by atoms with Crippen LogP contribution in [0.2, 0.25) is 25.7 Å². The van der Waals surface area contributed by atoms with Crippen molar-refractivity contribution < 1.29 is 0 Å².